The van der Waals surface area contributed by atoms with Gasteiger partial charge in [0, 0.05) is 18.3 Å². The monoisotopic (exact) mass is 191 g/mol. The molecule has 0 amide bonds. The highest BCUT2D eigenvalue weighted by molar-refractivity contribution is 5.09. The molecule has 0 radical (unpaired) electrons. The molecule has 1 aromatic rings. The number of rotatable bonds is 4. The number of terminal acetylenes is 1. The molecule has 3 nitrogen and oxygen atoms in total. The maximum absolute atomic E-state index is 5.16. The topological polar surface area (TPSA) is 29.9 Å². The number of imidazole rings is 1. The van der Waals surface area contributed by atoms with Gasteiger partial charge in [-0.3, -0.25) is 0 Å². The van der Waals surface area contributed by atoms with Gasteiger partial charge in [0.05, 0.1) is 18.6 Å². The maximum atomic E-state index is 5.16. The van der Waals surface area contributed by atoms with Gasteiger partial charge in [0.1, 0.15) is 0 Å². The van der Waals surface area contributed by atoms with Gasteiger partial charge in [0.15, 0.2) is 0 Å². The number of hydrogen-bond acceptors (Lipinski definition) is 2. The number of nitrogens with zero attached hydrogens (tertiary/aromatic N) is 2. The third kappa shape index (κ3) is 2.36. The van der Waals surface area contributed by atoms with Crippen LogP contribution in [0.25, 0.3) is 0 Å². The van der Waals surface area contributed by atoms with Crippen LogP contribution in [0.2, 0.25) is 0 Å². The van der Waals surface area contributed by atoms with Crippen molar-refractivity contribution in [1.29, 1.82) is 0 Å². The van der Waals surface area contributed by atoms with Crippen molar-refractivity contribution in [3.05, 3.63) is 17.7 Å². The SMILES string of the molecule is C#CCNCC(C)n1cnc(C)c1C. The van der Waals surface area contributed by atoms with Crippen molar-refractivity contribution in [3.8, 4) is 12.3 Å². The summed E-state index contributed by atoms with van der Waals surface area (Å²) in [7, 11) is 0. The summed E-state index contributed by atoms with van der Waals surface area (Å²) in [4.78, 5) is 4.26. The molecule has 1 unspecified atom stereocenters. The Balaban J connectivity index is 2.57. The molecule has 0 saturated carbocycles. The Kier molecular flexibility index (Phi) is 3.73. The fraction of sp³-hybridized carbons (Fsp3) is 0.545. The predicted molar refractivity (Wildman–Crippen MR) is 58.1 cm³/mol. The molecule has 0 spiro atoms. The average Bonchev–Trinajstić information content (AvgIpc) is 2.48. The zero-order valence-corrected chi connectivity index (χ0v) is 9.04. The highest BCUT2D eigenvalue weighted by Gasteiger charge is 2.08. The van der Waals surface area contributed by atoms with Crippen molar-refractivity contribution < 1.29 is 0 Å². The lowest BCUT2D eigenvalue weighted by atomic mass is 10.3. The van der Waals surface area contributed by atoms with E-state index in [4.69, 9.17) is 6.42 Å². The normalized spacial score (nSPS) is 12.4. The van der Waals surface area contributed by atoms with Crippen LogP contribution in [0, 0.1) is 26.2 Å². The Labute approximate surface area is 85.5 Å². The number of hydrogen-bond donors (Lipinski definition) is 1. The molecule has 0 aliphatic carbocycles. The Hall–Kier alpha value is -1.27. The first-order valence-electron chi connectivity index (χ1n) is 4.81. The first-order chi connectivity index (χ1) is 6.66. The first-order valence-corrected chi connectivity index (χ1v) is 4.81. The maximum Gasteiger partial charge on any atom is 0.0954 e. The minimum atomic E-state index is 0.393. The Morgan fingerprint density at radius 2 is 2.36 bits per heavy atom. The van der Waals surface area contributed by atoms with E-state index in [1.54, 1.807) is 0 Å². The van der Waals surface area contributed by atoms with Crippen LogP contribution in [-0.2, 0) is 0 Å². The van der Waals surface area contributed by atoms with Crippen LogP contribution in [0.5, 0.6) is 0 Å². The van der Waals surface area contributed by atoms with Gasteiger partial charge in [-0.15, -0.1) is 6.42 Å². The van der Waals surface area contributed by atoms with Crippen LogP contribution < -0.4 is 5.32 Å². The molecule has 1 atom stereocenters. The molecule has 1 heterocycles. The van der Waals surface area contributed by atoms with Gasteiger partial charge >= 0.3 is 0 Å². The van der Waals surface area contributed by atoms with Crippen LogP contribution in [-0.4, -0.2) is 22.6 Å². The lowest BCUT2D eigenvalue weighted by molar-refractivity contribution is 0.500. The lowest BCUT2D eigenvalue weighted by Gasteiger charge is -2.15. The van der Waals surface area contributed by atoms with Crippen LogP contribution in [0.3, 0.4) is 0 Å². The second kappa shape index (κ2) is 4.83. The molecule has 0 aromatic carbocycles. The van der Waals surface area contributed by atoms with Crippen LogP contribution in [0.1, 0.15) is 24.4 Å². The molecule has 0 saturated heterocycles. The molecular formula is C11H17N3. The van der Waals surface area contributed by atoms with Crippen LogP contribution >= 0.6 is 0 Å². The molecule has 3 heteroatoms. The number of aromatic nitrogens is 2. The van der Waals surface area contributed by atoms with Crippen LogP contribution in [0.15, 0.2) is 6.33 Å². The average molecular weight is 191 g/mol. The summed E-state index contributed by atoms with van der Waals surface area (Å²) in [6, 6.07) is 0.393. The predicted octanol–water partition coefficient (Wildman–Crippen LogP) is 1.28. The van der Waals surface area contributed by atoms with Crippen molar-refractivity contribution in [3.63, 3.8) is 0 Å². The van der Waals surface area contributed by atoms with Crippen molar-refractivity contribution in [2.45, 2.75) is 26.8 Å². The molecular weight excluding hydrogens is 174 g/mol. The second-order valence-corrected chi connectivity index (χ2v) is 3.51. The highest BCUT2D eigenvalue weighted by atomic mass is 15.1. The zero-order valence-electron chi connectivity index (χ0n) is 9.04. The summed E-state index contributed by atoms with van der Waals surface area (Å²) < 4.78 is 2.17. The molecule has 0 aliphatic heterocycles. The smallest absolute Gasteiger partial charge is 0.0954 e. The van der Waals surface area contributed by atoms with Crippen molar-refractivity contribution in [1.82, 2.24) is 14.9 Å². The summed E-state index contributed by atoms with van der Waals surface area (Å²) >= 11 is 0. The van der Waals surface area contributed by atoms with E-state index in [0.717, 1.165) is 12.2 Å². The molecule has 14 heavy (non-hydrogen) atoms. The fourth-order valence-electron chi connectivity index (χ4n) is 1.41. The van der Waals surface area contributed by atoms with Crippen LogP contribution in [0.4, 0.5) is 0 Å². The third-order valence-electron chi connectivity index (χ3n) is 2.43. The van der Waals surface area contributed by atoms with Gasteiger partial charge in [0.2, 0.25) is 0 Å². The molecule has 76 valence electrons. The summed E-state index contributed by atoms with van der Waals surface area (Å²) in [6.45, 7) is 7.75. The number of aryl methyl sites for hydroxylation is 1. The van der Waals surface area contributed by atoms with E-state index in [1.807, 2.05) is 13.3 Å². The standard InChI is InChI=1S/C11H17N3/c1-5-6-12-7-9(2)14-8-13-10(3)11(14)4/h1,8-9,12H,6-7H2,2-4H3. The fourth-order valence-corrected chi connectivity index (χ4v) is 1.41. The summed E-state index contributed by atoms with van der Waals surface area (Å²) in [5.41, 5.74) is 2.31. The van der Waals surface area contributed by atoms with Crippen molar-refractivity contribution in [2.24, 2.45) is 0 Å². The van der Waals surface area contributed by atoms with E-state index in [9.17, 15) is 0 Å². The molecule has 1 aromatic heterocycles. The second-order valence-electron chi connectivity index (χ2n) is 3.51. The van der Waals surface area contributed by atoms with E-state index in [-0.39, 0.29) is 0 Å². The van der Waals surface area contributed by atoms with E-state index in [2.05, 4.69) is 34.6 Å². The Morgan fingerprint density at radius 3 is 2.86 bits per heavy atom. The summed E-state index contributed by atoms with van der Waals surface area (Å²) in [5, 5.41) is 3.19. The highest BCUT2D eigenvalue weighted by Crippen LogP contribution is 2.11. The Bertz CT molecular complexity index is 333. The van der Waals surface area contributed by atoms with E-state index in [0.29, 0.717) is 12.6 Å². The molecule has 0 bridgehead atoms. The van der Waals surface area contributed by atoms with Gasteiger partial charge < -0.3 is 9.88 Å². The minimum Gasteiger partial charge on any atom is -0.331 e. The molecule has 1 rings (SSSR count). The van der Waals surface area contributed by atoms with E-state index < -0.39 is 0 Å². The Morgan fingerprint density at radius 1 is 1.64 bits per heavy atom. The van der Waals surface area contributed by atoms with E-state index in [1.165, 1.54) is 5.69 Å². The van der Waals surface area contributed by atoms with Gasteiger partial charge in [-0.1, -0.05) is 5.92 Å². The van der Waals surface area contributed by atoms with Gasteiger partial charge in [-0.05, 0) is 20.8 Å². The molecule has 0 fully saturated rings. The largest absolute Gasteiger partial charge is 0.331 e. The quantitative estimate of drug-likeness (QED) is 0.574. The van der Waals surface area contributed by atoms with Gasteiger partial charge in [-0.25, -0.2) is 4.98 Å². The summed E-state index contributed by atoms with van der Waals surface area (Å²) in [6.07, 6.45) is 7.04. The molecule has 1 N–H and O–H groups in total. The van der Waals surface area contributed by atoms with E-state index >= 15 is 0 Å². The third-order valence-corrected chi connectivity index (χ3v) is 2.43. The lowest BCUT2D eigenvalue weighted by Crippen LogP contribution is -2.24. The molecule has 0 aliphatic rings. The minimum absolute atomic E-state index is 0.393. The van der Waals surface area contributed by atoms with Crippen molar-refractivity contribution in [2.75, 3.05) is 13.1 Å². The van der Waals surface area contributed by atoms with Gasteiger partial charge in [-0.2, -0.15) is 0 Å². The van der Waals surface area contributed by atoms with Crippen molar-refractivity contribution >= 4 is 0 Å². The zero-order chi connectivity index (χ0) is 10.6. The first kappa shape index (κ1) is 10.8. The van der Waals surface area contributed by atoms with Gasteiger partial charge in [0.25, 0.3) is 0 Å². The number of nitrogens with one attached hydrogen (secondary N) is 1. The summed E-state index contributed by atoms with van der Waals surface area (Å²) in [5.74, 6) is 2.56.